The molecule has 0 aromatic heterocycles. The molecular weight excluding hydrogens is 324 g/mol. The van der Waals surface area contributed by atoms with Gasteiger partial charge < -0.3 is 20.3 Å². The zero-order valence-electron chi connectivity index (χ0n) is 14.8. The fourth-order valence-electron chi connectivity index (χ4n) is 2.71. The number of rotatable bonds is 6. The molecule has 1 aromatic rings. The summed E-state index contributed by atoms with van der Waals surface area (Å²) in [7, 11) is 0. The Bertz CT molecular complexity index is 592. The van der Waals surface area contributed by atoms with Crippen LogP contribution in [-0.4, -0.2) is 52.9 Å². The van der Waals surface area contributed by atoms with E-state index in [-0.39, 0.29) is 19.3 Å². The van der Waals surface area contributed by atoms with Gasteiger partial charge >= 0.3 is 6.09 Å². The average molecular weight is 350 g/mol. The summed E-state index contributed by atoms with van der Waals surface area (Å²) in [5, 5.41) is 10.2. The van der Waals surface area contributed by atoms with Crippen LogP contribution in [0.4, 0.5) is 4.79 Å². The molecule has 1 unspecified atom stereocenters. The Balaban J connectivity index is 2.03. The molecule has 7 heteroatoms. The smallest absolute Gasteiger partial charge is 0.412 e. The van der Waals surface area contributed by atoms with E-state index in [4.69, 9.17) is 15.2 Å². The lowest BCUT2D eigenvalue weighted by molar-refractivity contribution is -0.133. The second-order valence-corrected chi connectivity index (χ2v) is 6.62. The number of amides is 1. The van der Waals surface area contributed by atoms with Crippen molar-refractivity contribution < 1.29 is 24.2 Å². The van der Waals surface area contributed by atoms with Gasteiger partial charge in [-0.25, -0.2) is 4.79 Å². The van der Waals surface area contributed by atoms with Crippen LogP contribution in [0.3, 0.4) is 0 Å². The number of carbonyl (C=O) groups is 2. The van der Waals surface area contributed by atoms with Crippen LogP contribution in [0.5, 0.6) is 0 Å². The highest BCUT2D eigenvalue weighted by Gasteiger charge is 2.45. The van der Waals surface area contributed by atoms with Crippen LogP contribution < -0.4 is 5.73 Å². The fraction of sp³-hybridized carbons (Fsp3) is 0.556. The molecule has 1 aliphatic rings. The van der Waals surface area contributed by atoms with Crippen LogP contribution in [0.25, 0.3) is 0 Å². The summed E-state index contributed by atoms with van der Waals surface area (Å²) in [4.78, 5) is 26.2. The third-order valence-electron chi connectivity index (χ3n) is 4.41. The minimum atomic E-state index is -1.36. The SMILES string of the molecule is CC(C)[C@H](N)C(O)C(=O)[C@@H]1[C@@H](C)OCN1C(=O)OCc1ccccc1. The Kier molecular flexibility index (Phi) is 6.52. The van der Waals surface area contributed by atoms with Crippen molar-refractivity contribution in [3.63, 3.8) is 0 Å². The summed E-state index contributed by atoms with van der Waals surface area (Å²) < 4.78 is 10.7. The van der Waals surface area contributed by atoms with Gasteiger partial charge in [-0.1, -0.05) is 44.2 Å². The number of Topliss-reactive ketones (excluding diaryl/α,β-unsaturated/α-hetero) is 1. The Labute approximate surface area is 147 Å². The van der Waals surface area contributed by atoms with Crippen LogP contribution >= 0.6 is 0 Å². The summed E-state index contributed by atoms with van der Waals surface area (Å²) in [6.45, 7) is 5.36. The van der Waals surface area contributed by atoms with E-state index in [1.54, 1.807) is 6.92 Å². The summed E-state index contributed by atoms with van der Waals surface area (Å²) in [6.07, 6.45) is -2.55. The lowest BCUT2D eigenvalue weighted by Crippen LogP contribution is -2.54. The molecule has 1 fully saturated rings. The maximum atomic E-state index is 12.6. The number of hydrogen-bond donors (Lipinski definition) is 2. The average Bonchev–Trinajstić information content (AvgIpc) is 3.00. The first-order valence-corrected chi connectivity index (χ1v) is 8.39. The number of benzene rings is 1. The summed E-state index contributed by atoms with van der Waals surface area (Å²) >= 11 is 0. The van der Waals surface area contributed by atoms with Crippen molar-refractivity contribution in [2.45, 2.75) is 51.7 Å². The van der Waals surface area contributed by atoms with Gasteiger partial charge in [0.25, 0.3) is 0 Å². The minimum Gasteiger partial charge on any atom is -0.444 e. The van der Waals surface area contributed by atoms with Crippen LogP contribution in [0.2, 0.25) is 0 Å². The topological polar surface area (TPSA) is 102 Å². The third kappa shape index (κ3) is 4.56. The molecule has 0 radical (unpaired) electrons. The monoisotopic (exact) mass is 350 g/mol. The number of hydrogen-bond acceptors (Lipinski definition) is 6. The molecule has 4 atom stereocenters. The van der Waals surface area contributed by atoms with Gasteiger partial charge in [-0.15, -0.1) is 0 Å². The van der Waals surface area contributed by atoms with E-state index in [2.05, 4.69) is 0 Å². The molecule has 7 nitrogen and oxygen atoms in total. The predicted molar refractivity (Wildman–Crippen MR) is 91.5 cm³/mol. The Morgan fingerprint density at radius 3 is 2.60 bits per heavy atom. The molecule has 25 heavy (non-hydrogen) atoms. The Morgan fingerprint density at radius 2 is 2.00 bits per heavy atom. The van der Waals surface area contributed by atoms with Gasteiger partial charge in [-0.05, 0) is 18.4 Å². The van der Waals surface area contributed by atoms with E-state index in [1.165, 1.54) is 4.90 Å². The van der Waals surface area contributed by atoms with Crippen LogP contribution in [0, 0.1) is 5.92 Å². The molecular formula is C18H26N2O5. The van der Waals surface area contributed by atoms with Gasteiger partial charge in [-0.2, -0.15) is 0 Å². The maximum absolute atomic E-state index is 12.6. The zero-order chi connectivity index (χ0) is 18.6. The van der Waals surface area contributed by atoms with Crippen molar-refractivity contribution in [3.05, 3.63) is 35.9 Å². The maximum Gasteiger partial charge on any atom is 0.412 e. The van der Waals surface area contributed by atoms with E-state index in [1.807, 2.05) is 44.2 Å². The Hall–Kier alpha value is -1.96. The molecule has 1 aromatic carbocycles. The molecule has 1 amide bonds. The van der Waals surface area contributed by atoms with Crippen molar-refractivity contribution >= 4 is 11.9 Å². The van der Waals surface area contributed by atoms with Crippen molar-refractivity contribution in [2.75, 3.05) is 6.73 Å². The van der Waals surface area contributed by atoms with Crippen LogP contribution in [0.1, 0.15) is 26.3 Å². The standard InChI is InChI=1S/C18H26N2O5/c1-11(2)14(19)16(21)17(22)15-12(3)25-10-20(15)18(23)24-9-13-7-5-4-6-8-13/h4-8,11-12,14-16,21H,9-10,19H2,1-3H3/t12-,14+,15+,16?/m1/s1. The number of ether oxygens (including phenoxy) is 2. The van der Waals surface area contributed by atoms with Crippen molar-refractivity contribution in [1.29, 1.82) is 0 Å². The highest BCUT2D eigenvalue weighted by molar-refractivity contribution is 5.92. The van der Waals surface area contributed by atoms with Gasteiger partial charge in [-0.3, -0.25) is 9.69 Å². The van der Waals surface area contributed by atoms with Gasteiger partial charge in [0.05, 0.1) is 6.10 Å². The molecule has 0 spiro atoms. The molecule has 1 aliphatic heterocycles. The summed E-state index contributed by atoms with van der Waals surface area (Å²) in [5.41, 5.74) is 6.73. The largest absolute Gasteiger partial charge is 0.444 e. The van der Waals surface area contributed by atoms with Crippen LogP contribution in [-0.2, 0) is 20.9 Å². The van der Waals surface area contributed by atoms with E-state index in [0.717, 1.165) is 5.56 Å². The molecule has 138 valence electrons. The molecule has 1 saturated heterocycles. The van der Waals surface area contributed by atoms with Gasteiger partial charge in [0, 0.05) is 6.04 Å². The quantitative estimate of drug-likeness (QED) is 0.801. The fourth-order valence-corrected chi connectivity index (χ4v) is 2.71. The molecule has 2 rings (SSSR count). The highest BCUT2D eigenvalue weighted by atomic mass is 16.6. The summed E-state index contributed by atoms with van der Waals surface area (Å²) in [5.74, 6) is -0.599. The molecule has 0 bridgehead atoms. The first kappa shape index (κ1) is 19.4. The first-order chi connectivity index (χ1) is 11.8. The van der Waals surface area contributed by atoms with E-state index < -0.39 is 36.2 Å². The zero-order valence-corrected chi connectivity index (χ0v) is 14.8. The second-order valence-electron chi connectivity index (χ2n) is 6.62. The molecule has 1 heterocycles. The minimum absolute atomic E-state index is 0.0607. The predicted octanol–water partition coefficient (Wildman–Crippen LogP) is 1.28. The number of ketones is 1. The number of carbonyl (C=O) groups excluding carboxylic acids is 2. The van der Waals surface area contributed by atoms with E-state index in [0.29, 0.717) is 0 Å². The number of aliphatic hydroxyl groups is 1. The highest BCUT2D eigenvalue weighted by Crippen LogP contribution is 2.22. The van der Waals surface area contributed by atoms with Crippen molar-refractivity contribution in [3.8, 4) is 0 Å². The van der Waals surface area contributed by atoms with Crippen molar-refractivity contribution in [1.82, 2.24) is 4.90 Å². The van der Waals surface area contributed by atoms with Gasteiger partial charge in [0.2, 0.25) is 0 Å². The number of nitrogens with two attached hydrogens (primary N) is 1. The molecule has 0 aliphatic carbocycles. The van der Waals surface area contributed by atoms with E-state index in [9.17, 15) is 14.7 Å². The Morgan fingerprint density at radius 1 is 1.36 bits per heavy atom. The molecule has 0 saturated carbocycles. The number of aliphatic hydroxyl groups excluding tert-OH is 1. The number of nitrogens with zero attached hydrogens (tertiary/aromatic N) is 1. The van der Waals surface area contributed by atoms with Gasteiger partial charge in [0.1, 0.15) is 25.5 Å². The lowest BCUT2D eigenvalue weighted by atomic mass is 9.92. The van der Waals surface area contributed by atoms with Crippen LogP contribution in [0.15, 0.2) is 30.3 Å². The third-order valence-corrected chi connectivity index (χ3v) is 4.41. The summed E-state index contributed by atoms with van der Waals surface area (Å²) in [6, 6.07) is 7.62. The normalized spacial score (nSPS) is 22.7. The van der Waals surface area contributed by atoms with Gasteiger partial charge in [0.15, 0.2) is 5.78 Å². The molecule has 3 N–H and O–H groups in total. The van der Waals surface area contributed by atoms with Crippen molar-refractivity contribution in [2.24, 2.45) is 11.7 Å². The lowest BCUT2D eigenvalue weighted by Gasteiger charge is -2.28. The second kappa shape index (κ2) is 8.42. The first-order valence-electron chi connectivity index (χ1n) is 8.39. The van der Waals surface area contributed by atoms with E-state index >= 15 is 0 Å².